The van der Waals surface area contributed by atoms with E-state index in [1.165, 1.54) is 4.90 Å². The molecule has 0 fully saturated rings. The maximum Gasteiger partial charge on any atom is 0.410 e. The van der Waals surface area contributed by atoms with Gasteiger partial charge in [0.25, 0.3) is 0 Å². The van der Waals surface area contributed by atoms with Crippen LogP contribution in [0, 0.1) is 0 Å². The fourth-order valence-corrected chi connectivity index (χ4v) is 1.39. The Morgan fingerprint density at radius 2 is 2.05 bits per heavy atom. The lowest BCUT2D eigenvalue weighted by Crippen LogP contribution is -2.45. The summed E-state index contributed by atoms with van der Waals surface area (Å²) in [5.74, 6) is -0.293. The number of aliphatic hydroxyl groups is 1. The molecule has 6 nitrogen and oxygen atoms in total. The van der Waals surface area contributed by atoms with E-state index >= 15 is 0 Å². The minimum atomic E-state index is -0.733. The topological polar surface area (TPSA) is 78.9 Å². The van der Waals surface area contributed by atoms with Crippen LogP contribution in [0.1, 0.15) is 34.1 Å². The van der Waals surface area contributed by atoms with Crippen molar-refractivity contribution in [3.8, 4) is 0 Å². The molecule has 1 atom stereocenters. The number of hydrogen-bond acceptors (Lipinski definition) is 4. The Kier molecular flexibility index (Phi) is 7.91. The summed E-state index contributed by atoms with van der Waals surface area (Å²) in [5.41, 5.74) is -0.645. The number of rotatable bonds is 7. The van der Waals surface area contributed by atoms with Crippen LogP contribution in [0.5, 0.6) is 0 Å². The van der Waals surface area contributed by atoms with Crippen molar-refractivity contribution in [3.05, 3.63) is 12.7 Å². The first-order chi connectivity index (χ1) is 9.15. The molecule has 0 rings (SSSR count). The Morgan fingerprint density at radius 3 is 2.50 bits per heavy atom. The van der Waals surface area contributed by atoms with Crippen LogP contribution in [-0.4, -0.2) is 53.3 Å². The highest BCUT2D eigenvalue weighted by Gasteiger charge is 2.24. The fraction of sp³-hybridized carbons (Fsp3) is 0.714. The lowest BCUT2D eigenvalue weighted by atomic mass is 10.2. The van der Waals surface area contributed by atoms with Crippen LogP contribution in [-0.2, 0) is 9.53 Å². The van der Waals surface area contributed by atoms with E-state index in [1.54, 1.807) is 33.8 Å². The largest absolute Gasteiger partial charge is 0.444 e. The molecule has 0 aliphatic carbocycles. The molecule has 2 N–H and O–H groups in total. The van der Waals surface area contributed by atoms with Crippen LogP contribution in [0.4, 0.5) is 4.79 Å². The van der Waals surface area contributed by atoms with Crippen molar-refractivity contribution in [1.82, 2.24) is 10.2 Å². The summed E-state index contributed by atoms with van der Waals surface area (Å²) in [6, 6.07) is 0. The van der Waals surface area contributed by atoms with Gasteiger partial charge in [-0.15, -0.1) is 6.58 Å². The van der Waals surface area contributed by atoms with Gasteiger partial charge in [-0.25, -0.2) is 4.79 Å². The number of carbonyl (C=O) groups excluding carboxylic acids is 2. The van der Waals surface area contributed by atoms with E-state index in [1.807, 2.05) is 0 Å². The molecule has 0 heterocycles. The van der Waals surface area contributed by atoms with Crippen LogP contribution in [0.25, 0.3) is 0 Å². The third kappa shape index (κ3) is 9.38. The van der Waals surface area contributed by atoms with E-state index in [9.17, 15) is 14.7 Å². The molecule has 0 saturated carbocycles. The summed E-state index contributed by atoms with van der Waals surface area (Å²) < 4.78 is 5.21. The Balaban J connectivity index is 4.51. The third-order valence-corrected chi connectivity index (χ3v) is 2.14. The first kappa shape index (κ1) is 18.4. The molecule has 0 aromatic heterocycles. The second-order valence-corrected chi connectivity index (χ2v) is 5.64. The molecule has 2 amide bonds. The fourth-order valence-electron chi connectivity index (χ4n) is 1.39. The third-order valence-electron chi connectivity index (χ3n) is 2.14. The molecule has 20 heavy (non-hydrogen) atoms. The zero-order valence-electron chi connectivity index (χ0n) is 12.8. The molecule has 0 radical (unpaired) electrons. The second-order valence-electron chi connectivity index (χ2n) is 5.64. The Bertz CT molecular complexity index is 335. The molecule has 116 valence electrons. The Hall–Kier alpha value is -1.56. The van der Waals surface area contributed by atoms with Crippen LogP contribution in [0.15, 0.2) is 12.7 Å². The van der Waals surface area contributed by atoms with Crippen LogP contribution in [0.3, 0.4) is 0 Å². The Labute approximate surface area is 120 Å². The summed E-state index contributed by atoms with van der Waals surface area (Å²) in [6.07, 6.45) is 1.01. The summed E-state index contributed by atoms with van der Waals surface area (Å²) >= 11 is 0. The average Bonchev–Trinajstić information content (AvgIpc) is 2.25. The molecular weight excluding hydrogens is 260 g/mol. The quantitative estimate of drug-likeness (QED) is 0.546. The average molecular weight is 286 g/mol. The number of amides is 2. The van der Waals surface area contributed by atoms with Crippen molar-refractivity contribution < 1.29 is 19.4 Å². The molecule has 0 aliphatic heterocycles. The summed E-state index contributed by atoms with van der Waals surface area (Å²) in [4.78, 5) is 24.9. The number of aliphatic hydroxyl groups excluding tert-OH is 1. The van der Waals surface area contributed by atoms with Crippen LogP contribution < -0.4 is 5.32 Å². The van der Waals surface area contributed by atoms with Crippen molar-refractivity contribution in [1.29, 1.82) is 0 Å². The predicted octanol–water partition coefficient (Wildman–Crippen LogP) is 1.30. The van der Waals surface area contributed by atoms with Gasteiger partial charge < -0.3 is 15.2 Å². The molecule has 0 spiro atoms. The van der Waals surface area contributed by atoms with Crippen LogP contribution >= 0.6 is 0 Å². The van der Waals surface area contributed by atoms with Gasteiger partial charge in [0.15, 0.2) is 0 Å². The van der Waals surface area contributed by atoms with Gasteiger partial charge >= 0.3 is 6.09 Å². The SMILES string of the molecule is C=CCCNC(=O)CN(CC(C)O)C(=O)OC(C)(C)C. The summed E-state index contributed by atoms with van der Waals surface area (Å²) in [6.45, 7) is 10.7. The second kappa shape index (κ2) is 8.58. The van der Waals surface area contributed by atoms with Crippen molar-refractivity contribution >= 4 is 12.0 Å². The van der Waals surface area contributed by atoms with Gasteiger partial charge in [0.2, 0.25) is 5.91 Å². The van der Waals surface area contributed by atoms with E-state index in [0.717, 1.165) is 0 Å². The highest BCUT2D eigenvalue weighted by molar-refractivity contribution is 5.82. The summed E-state index contributed by atoms with van der Waals surface area (Å²) in [5, 5.41) is 12.1. The van der Waals surface area contributed by atoms with Gasteiger partial charge in [0, 0.05) is 6.54 Å². The van der Waals surface area contributed by atoms with Gasteiger partial charge in [-0.2, -0.15) is 0 Å². The molecule has 0 aromatic rings. The molecule has 1 unspecified atom stereocenters. The maximum absolute atomic E-state index is 12.0. The molecule has 0 aromatic carbocycles. The Morgan fingerprint density at radius 1 is 1.45 bits per heavy atom. The highest BCUT2D eigenvalue weighted by atomic mass is 16.6. The number of ether oxygens (including phenoxy) is 1. The number of hydrogen-bond donors (Lipinski definition) is 2. The van der Waals surface area contributed by atoms with E-state index in [2.05, 4.69) is 11.9 Å². The van der Waals surface area contributed by atoms with Gasteiger partial charge in [-0.1, -0.05) is 6.08 Å². The number of carbonyl (C=O) groups is 2. The molecule has 0 aliphatic rings. The van der Waals surface area contributed by atoms with Crippen molar-refractivity contribution in [2.75, 3.05) is 19.6 Å². The first-order valence-corrected chi connectivity index (χ1v) is 6.69. The van der Waals surface area contributed by atoms with Crippen LogP contribution in [0.2, 0.25) is 0 Å². The molecular formula is C14H26N2O4. The molecule has 0 saturated heterocycles. The van der Waals surface area contributed by atoms with Gasteiger partial charge in [0.1, 0.15) is 12.1 Å². The van der Waals surface area contributed by atoms with E-state index < -0.39 is 17.8 Å². The van der Waals surface area contributed by atoms with Gasteiger partial charge in [0.05, 0.1) is 12.6 Å². The molecule has 6 heteroatoms. The van der Waals surface area contributed by atoms with Gasteiger partial charge in [-0.05, 0) is 34.1 Å². The smallest absolute Gasteiger partial charge is 0.410 e. The van der Waals surface area contributed by atoms with Crippen molar-refractivity contribution in [2.24, 2.45) is 0 Å². The highest BCUT2D eigenvalue weighted by Crippen LogP contribution is 2.10. The zero-order chi connectivity index (χ0) is 15.8. The number of nitrogens with one attached hydrogen (secondary N) is 1. The maximum atomic E-state index is 12.0. The van der Waals surface area contributed by atoms with E-state index in [0.29, 0.717) is 13.0 Å². The summed E-state index contributed by atoms with van der Waals surface area (Å²) in [7, 11) is 0. The van der Waals surface area contributed by atoms with Crippen molar-refractivity contribution in [3.63, 3.8) is 0 Å². The standard InChI is InChI=1S/C14H26N2O4/c1-6-7-8-15-12(18)10-16(9-11(2)17)13(19)20-14(3,4)5/h6,11,17H,1,7-10H2,2-5H3,(H,15,18). The number of nitrogens with zero attached hydrogens (tertiary/aromatic N) is 1. The monoisotopic (exact) mass is 286 g/mol. The predicted molar refractivity (Wildman–Crippen MR) is 77.3 cm³/mol. The lowest BCUT2D eigenvalue weighted by Gasteiger charge is -2.27. The molecule has 0 bridgehead atoms. The minimum Gasteiger partial charge on any atom is -0.444 e. The van der Waals surface area contributed by atoms with Crippen molar-refractivity contribution in [2.45, 2.75) is 45.8 Å². The minimum absolute atomic E-state index is 0.0454. The first-order valence-electron chi connectivity index (χ1n) is 6.69. The normalized spacial score (nSPS) is 12.4. The van der Waals surface area contributed by atoms with E-state index in [4.69, 9.17) is 4.74 Å². The lowest BCUT2D eigenvalue weighted by molar-refractivity contribution is -0.122. The van der Waals surface area contributed by atoms with E-state index in [-0.39, 0.29) is 19.0 Å². The van der Waals surface area contributed by atoms with Gasteiger partial charge in [-0.3, -0.25) is 9.69 Å². The zero-order valence-corrected chi connectivity index (χ0v) is 12.8.